The average molecular weight is 209 g/mol. The topological polar surface area (TPSA) is 53.9 Å². The van der Waals surface area contributed by atoms with Gasteiger partial charge in [-0.1, -0.05) is 18.7 Å². The Morgan fingerprint density at radius 2 is 2.36 bits per heavy atom. The van der Waals surface area contributed by atoms with E-state index in [1.54, 1.807) is 11.8 Å². The Morgan fingerprint density at radius 1 is 1.64 bits per heavy atom. The molecule has 1 aromatic heterocycles. The van der Waals surface area contributed by atoms with Crippen LogP contribution in [0.2, 0.25) is 0 Å². The van der Waals surface area contributed by atoms with E-state index in [1.165, 1.54) is 11.3 Å². The summed E-state index contributed by atoms with van der Waals surface area (Å²) in [5.41, 5.74) is 0. The molecule has 0 N–H and O–H groups in total. The van der Waals surface area contributed by atoms with Crippen LogP contribution in [0.1, 0.15) is 6.92 Å². The van der Waals surface area contributed by atoms with E-state index >= 15 is 0 Å². The van der Waals surface area contributed by atoms with Crippen molar-refractivity contribution in [1.82, 2.24) is 10.2 Å². The fourth-order valence-corrected chi connectivity index (χ4v) is 1.94. The quantitative estimate of drug-likeness (QED) is 0.469. The van der Waals surface area contributed by atoms with Crippen LogP contribution in [0.5, 0.6) is 0 Å². The number of hydrogen-bond donors (Lipinski definition) is 0. The van der Waals surface area contributed by atoms with E-state index in [4.69, 9.17) is 5.39 Å². The molecule has 0 aromatic carbocycles. The lowest BCUT2D eigenvalue weighted by molar-refractivity contribution is -0.00000233. The zero-order valence-corrected chi connectivity index (χ0v) is 8.08. The van der Waals surface area contributed by atoms with Gasteiger partial charge in [0.1, 0.15) is 5.10 Å². The molecular formula is C4H5ClN4S2. The van der Waals surface area contributed by atoms with Gasteiger partial charge in [0.2, 0.25) is 4.34 Å². The van der Waals surface area contributed by atoms with Gasteiger partial charge in [-0.3, -0.25) is 0 Å². The molecule has 0 radical (unpaired) electrons. The van der Waals surface area contributed by atoms with Crippen molar-refractivity contribution in [3.05, 3.63) is 4.98 Å². The van der Waals surface area contributed by atoms with Crippen molar-refractivity contribution in [2.45, 2.75) is 11.3 Å². The zero-order valence-electron chi connectivity index (χ0n) is 5.69. The van der Waals surface area contributed by atoms with E-state index < -0.39 is 0 Å². The highest BCUT2D eigenvalue weighted by molar-refractivity contribution is 8.01. The number of halogens is 1. The molecule has 0 aliphatic carbocycles. The summed E-state index contributed by atoms with van der Waals surface area (Å²) in [5, 5.41) is 15.9. The molecule has 0 aliphatic heterocycles. The molecule has 0 atom stereocenters. The SMILES string of the molecule is CCSc1nnc([N+]#N)s1.[Cl-]. The van der Waals surface area contributed by atoms with Crippen LogP contribution in [0.25, 0.3) is 4.98 Å². The summed E-state index contributed by atoms with van der Waals surface area (Å²) in [5.74, 6) is 0.958. The monoisotopic (exact) mass is 208 g/mol. The van der Waals surface area contributed by atoms with Crippen molar-refractivity contribution < 1.29 is 12.4 Å². The number of rotatable bonds is 2. The third-order valence-electron chi connectivity index (χ3n) is 0.749. The number of hydrogen-bond acceptors (Lipinski definition) is 5. The fraction of sp³-hybridized carbons (Fsp3) is 0.500. The van der Waals surface area contributed by atoms with Crippen LogP contribution < -0.4 is 12.4 Å². The standard InChI is InChI=1S/C4H5N4S2.ClH/c1-2-9-4-8-7-3(6-5)10-4;/h2H2,1H3;1H/q+1;/p-1. The zero-order chi connectivity index (χ0) is 7.40. The molecule has 0 amide bonds. The molecule has 0 saturated carbocycles. The van der Waals surface area contributed by atoms with Crippen LogP contribution in [0.15, 0.2) is 4.34 Å². The first-order chi connectivity index (χ1) is 4.86. The molecule has 0 aliphatic rings. The summed E-state index contributed by atoms with van der Waals surface area (Å²) in [4.78, 5) is 2.91. The second-order valence-electron chi connectivity index (χ2n) is 1.38. The maximum Gasteiger partial charge on any atom is 0.549 e. The molecule has 0 spiro atoms. The van der Waals surface area contributed by atoms with Crippen LogP contribution in [0, 0.1) is 5.39 Å². The van der Waals surface area contributed by atoms with E-state index in [-0.39, 0.29) is 12.4 Å². The maximum absolute atomic E-state index is 8.24. The molecule has 60 valence electrons. The highest BCUT2D eigenvalue weighted by Crippen LogP contribution is 2.26. The largest absolute Gasteiger partial charge is 1.00 e. The van der Waals surface area contributed by atoms with Crippen LogP contribution in [0.4, 0.5) is 5.13 Å². The predicted molar refractivity (Wildman–Crippen MR) is 41.1 cm³/mol. The van der Waals surface area contributed by atoms with Gasteiger partial charge in [0.25, 0.3) is 0 Å². The third-order valence-corrected chi connectivity index (χ3v) is 2.57. The maximum atomic E-state index is 8.24. The second kappa shape index (κ2) is 5.29. The Bertz CT molecular complexity index is 255. The van der Waals surface area contributed by atoms with Crippen LogP contribution >= 0.6 is 23.1 Å². The number of diazo groups is 1. The lowest BCUT2D eigenvalue weighted by atomic mass is 11.0. The molecule has 4 nitrogen and oxygen atoms in total. The predicted octanol–water partition coefficient (Wildman–Crippen LogP) is -0.861. The second-order valence-corrected chi connectivity index (χ2v) is 3.85. The molecule has 7 heteroatoms. The molecule has 0 unspecified atom stereocenters. The van der Waals surface area contributed by atoms with Gasteiger partial charge in [0.15, 0.2) is 0 Å². The summed E-state index contributed by atoms with van der Waals surface area (Å²) >= 11 is 2.87. The molecule has 1 rings (SSSR count). The van der Waals surface area contributed by atoms with Gasteiger partial charge in [0.05, 0.1) is 5.39 Å². The molecule has 0 bridgehead atoms. The minimum Gasteiger partial charge on any atom is -1.00 e. The molecule has 1 aromatic rings. The van der Waals surface area contributed by atoms with Gasteiger partial charge in [-0.25, -0.2) is 0 Å². The summed E-state index contributed by atoms with van der Waals surface area (Å²) in [6, 6.07) is 0. The van der Waals surface area contributed by atoms with Gasteiger partial charge in [-0.2, -0.15) is 0 Å². The van der Waals surface area contributed by atoms with E-state index in [2.05, 4.69) is 15.2 Å². The Morgan fingerprint density at radius 3 is 2.82 bits per heavy atom. The highest BCUT2D eigenvalue weighted by Gasteiger charge is 2.13. The van der Waals surface area contributed by atoms with Gasteiger partial charge in [-0.05, 0) is 10.9 Å². The summed E-state index contributed by atoms with van der Waals surface area (Å²) in [6.45, 7) is 2.03. The summed E-state index contributed by atoms with van der Waals surface area (Å²) in [7, 11) is 0. The molecular weight excluding hydrogens is 204 g/mol. The first kappa shape index (κ1) is 10.6. The Hall–Kier alpha value is -0.380. The van der Waals surface area contributed by atoms with Gasteiger partial charge < -0.3 is 12.4 Å². The van der Waals surface area contributed by atoms with E-state index in [0.29, 0.717) is 5.13 Å². The van der Waals surface area contributed by atoms with E-state index in [9.17, 15) is 0 Å². The number of aromatic nitrogens is 2. The molecule has 0 fully saturated rings. The third kappa shape index (κ3) is 3.01. The van der Waals surface area contributed by atoms with E-state index in [0.717, 1.165) is 10.1 Å². The van der Waals surface area contributed by atoms with Gasteiger partial charge in [0, 0.05) is 16.3 Å². The first-order valence-electron chi connectivity index (χ1n) is 2.68. The highest BCUT2D eigenvalue weighted by atomic mass is 35.5. The average Bonchev–Trinajstić information content (AvgIpc) is 2.37. The minimum absolute atomic E-state index is 0. The lowest BCUT2D eigenvalue weighted by Gasteiger charge is -1.79. The number of nitrogens with zero attached hydrogens (tertiary/aromatic N) is 4. The fourth-order valence-electron chi connectivity index (χ4n) is 0.425. The van der Waals surface area contributed by atoms with Crippen LogP contribution in [-0.2, 0) is 0 Å². The first-order valence-corrected chi connectivity index (χ1v) is 4.48. The van der Waals surface area contributed by atoms with Crippen molar-refractivity contribution in [3.8, 4) is 0 Å². The van der Waals surface area contributed by atoms with Gasteiger partial charge >= 0.3 is 5.13 Å². The van der Waals surface area contributed by atoms with Gasteiger partial charge in [-0.15, -0.1) is 0 Å². The Balaban J connectivity index is 0.000001000. The van der Waals surface area contributed by atoms with Crippen molar-refractivity contribution in [2.75, 3.05) is 5.75 Å². The van der Waals surface area contributed by atoms with Crippen LogP contribution in [0.3, 0.4) is 0 Å². The van der Waals surface area contributed by atoms with E-state index in [1.807, 2.05) is 6.92 Å². The normalized spacial score (nSPS) is 8.36. The summed E-state index contributed by atoms with van der Waals surface area (Å²) < 4.78 is 0.843. The molecule has 11 heavy (non-hydrogen) atoms. The van der Waals surface area contributed by atoms with Crippen molar-refractivity contribution in [3.63, 3.8) is 0 Å². The summed E-state index contributed by atoms with van der Waals surface area (Å²) in [6.07, 6.45) is 0. The smallest absolute Gasteiger partial charge is 0.549 e. The van der Waals surface area contributed by atoms with Crippen LogP contribution in [-0.4, -0.2) is 16.0 Å². The van der Waals surface area contributed by atoms with Crippen molar-refractivity contribution >= 4 is 28.2 Å². The van der Waals surface area contributed by atoms with Crippen molar-refractivity contribution in [1.29, 1.82) is 5.39 Å². The van der Waals surface area contributed by atoms with Crippen molar-refractivity contribution in [2.24, 2.45) is 0 Å². The molecule has 1 heterocycles. The Labute approximate surface area is 78.4 Å². The molecule has 0 saturated heterocycles. The minimum atomic E-state index is 0. The lowest BCUT2D eigenvalue weighted by Crippen LogP contribution is -3.00. The Kier molecular flexibility index (Phi) is 5.11. The number of thioether (sulfide) groups is 1.